The molecule has 1 amide bonds. The Labute approximate surface area is 156 Å². The Hall–Kier alpha value is -3.73. The lowest BCUT2D eigenvalue weighted by molar-refractivity contribution is 0.102. The van der Waals surface area contributed by atoms with Crippen molar-refractivity contribution in [2.75, 3.05) is 5.32 Å². The molecule has 0 aliphatic heterocycles. The predicted molar refractivity (Wildman–Crippen MR) is 105 cm³/mol. The van der Waals surface area contributed by atoms with Gasteiger partial charge in [-0.1, -0.05) is 24.3 Å². The highest BCUT2D eigenvalue weighted by Crippen LogP contribution is 2.24. The van der Waals surface area contributed by atoms with Crippen molar-refractivity contribution in [3.8, 4) is 11.5 Å². The van der Waals surface area contributed by atoms with Crippen LogP contribution in [0, 0.1) is 6.92 Å². The van der Waals surface area contributed by atoms with Crippen LogP contribution in [0.4, 0.5) is 5.69 Å². The van der Waals surface area contributed by atoms with Crippen molar-refractivity contribution >= 4 is 22.5 Å². The summed E-state index contributed by atoms with van der Waals surface area (Å²) in [6, 6.07) is 20.4. The summed E-state index contributed by atoms with van der Waals surface area (Å²) in [5, 5.41) is 3.85. The first-order valence-corrected chi connectivity index (χ1v) is 8.55. The quantitative estimate of drug-likeness (QED) is 0.560. The highest BCUT2D eigenvalue weighted by Gasteiger charge is 2.12. The number of rotatable bonds is 4. The van der Waals surface area contributed by atoms with E-state index in [1.54, 1.807) is 30.6 Å². The van der Waals surface area contributed by atoms with E-state index in [0.717, 1.165) is 10.9 Å². The second kappa shape index (κ2) is 7.25. The maximum Gasteiger partial charge on any atom is 0.257 e. The largest absolute Gasteiger partial charge is 0.457 e. The van der Waals surface area contributed by atoms with E-state index in [1.807, 2.05) is 55.5 Å². The Balaban J connectivity index is 1.56. The summed E-state index contributed by atoms with van der Waals surface area (Å²) in [7, 11) is 0. The monoisotopic (exact) mass is 355 g/mol. The zero-order valence-electron chi connectivity index (χ0n) is 14.7. The third-order valence-corrected chi connectivity index (χ3v) is 4.14. The molecule has 0 saturated carbocycles. The number of carbonyl (C=O) groups is 1. The van der Waals surface area contributed by atoms with Crippen LogP contribution >= 0.6 is 0 Å². The normalized spacial score (nSPS) is 10.6. The second-order valence-electron chi connectivity index (χ2n) is 6.08. The van der Waals surface area contributed by atoms with Gasteiger partial charge in [-0.2, -0.15) is 0 Å². The summed E-state index contributed by atoms with van der Waals surface area (Å²) >= 11 is 0. The molecule has 0 unspecified atom stereocenters. The van der Waals surface area contributed by atoms with Crippen LogP contribution in [0.25, 0.3) is 10.9 Å². The molecule has 0 saturated heterocycles. The van der Waals surface area contributed by atoms with E-state index < -0.39 is 0 Å². The summed E-state index contributed by atoms with van der Waals surface area (Å²) in [4.78, 5) is 21.2. The SMILES string of the molecule is Cc1nc2ccccc2cc1C(=O)Nc1cccc(Oc2ccncc2)c1. The number of hydrogen-bond donors (Lipinski definition) is 1. The van der Waals surface area contributed by atoms with Crippen molar-refractivity contribution in [1.82, 2.24) is 9.97 Å². The highest BCUT2D eigenvalue weighted by atomic mass is 16.5. The molecule has 2 heterocycles. The molecule has 0 bridgehead atoms. The van der Waals surface area contributed by atoms with Crippen LogP contribution in [0.5, 0.6) is 11.5 Å². The Morgan fingerprint density at radius 2 is 1.74 bits per heavy atom. The minimum absolute atomic E-state index is 0.202. The molecule has 0 aliphatic rings. The van der Waals surface area contributed by atoms with Gasteiger partial charge in [0.25, 0.3) is 5.91 Å². The standard InChI is InChI=1S/C22H17N3O2/c1-15-20(13-16-5-2-3-8-21(16)24-15)22(26)25-17-6-4-7-19(14-17)27-18-9-11-23-12-10-18/h2-14H,1H3,(H,25,26). The Morgan fingerprint density at radius 3 is 2.59 bits per heavy atom. The van der Waals surface area contributed by atoms with E-state index in [0.29, 0.717) is 28.4 Å². The van der Waals surface area contributed by atoms with Gasteiger partial charge in [0.15, 0.2) is 0 Å². The lowest BCUT2D eigenvalue weighted by Gasteiger charge is -2.10. The van der Waals surface area contributed by atoms with E-state index in [-0.39, 0.29) is 5.91 Å². The van der Waals surface area contributed by atoms with Gasteiger partial charge in [0.05, 0.1) is 16.8 Å². The minimum Gasteiger partial charge on any atom is -0.457 e. The fourth-order valence-corrected chi connectivity index (χ4v) is 2.82. The van der Waals surface area contributed by atoms with E-state index in [4.69, 9.17) is 4.74 Å². The minimum atomic E-state index is -0.202. The lowest BCUT2D eigenvalue weighted by Crippen LogP contribution is -2.14. The number of pyridine rings is 2. The average molecular weight is 355 g/mol. The van der Waals surface area contributed by atoms with Crippen LogP contribution in [0.2, 0.25) is 0 Å². The number of nitrogens with one attached hydrogen (secondary N) is 1. The molecule has 5 heteroatoms. The van der Waals surface area contributed by atoms with E-state index in [1.165, 1.54) is 0 Å². The summed E-state index contributed by atoms with van der Waals surface area (Å²) < 4.78 is 5.78. The molecule has 2 aromatic heterocycles. The molecular formula is C22H17N3O2. The maximum absolute atomic E-state index is 12.7. The van der Waals surface area contributed by atoms with Crippen LogP contribution < -0.4 is 10.1 Å². The molecule has 4 aromatic rings. The molecule has 0 atom stereocenters. The van der Waals surface area contributed by atoms with Crippen molar-refractivity contribution in [1.29, 1.82) is 0 Å². The summed E-state index contributed by atoms with van der Waals surface area (Å²) in [6.07, 6.45) is 3.33. The molecule has 4 rings (SSSR count). The summed E-state index contributed by atoms with van der Waals surface area (Å²) in [5.74, 6) is 1.11. The molecular weight excluding hydrogens is 338 g/mol. The van der Waals surface area contributed by atoms with E-state index in [9.17, 15) is 4.79 Å². The molecule has 2 aromatic carbocycles. The molecule has 132 valence electrons. The molecule has 0 fully saturated rings. The number of hydrogen-bond acceptors (Lipinski definition) is 4. The first kappa shape index (κ1) is 16.7. The van der Waals surface area contributed by atoms with Crippen LogP contribution in [0.3, 0.4) is 0 Å². The van der Waals surface area contributed by atoms with Gasteiger partial charge >= 0.3 is 0 Å². The lowest BCUT2D eigenvalue weighted by atomic mass is 10.1. The number of para-hydroxylation sites is 1. The molecule has 0 aliphatic carbocycles. The number of aromatic nitrogens is 2. The van der Waals surface area contributed by atoms with E-state index >= 15 is 0 Å². The molecule has 1 N–H and O–H groups in total. The first-order valence-electron chi connectivity index (χ1n) is 8.55. The van der Waals surface area contributed by atoms with Gasteiger partial charge < -0.3 is 10.1 Å². The third-order valence-electron chi connectivity index (χ3n) is 4.14. The number of anilines is 1. The Morgan fingerprint density at radius 1 is 0.926 bits per heavy atom. The maximum atomic E-state index is 12.7. The number of benzene rings is 2. The molecule has 0 spiro atoms. The smallest absolute Gasteiger partial charge is 0.257 e. The van der Waals surface area contributed by atoms with Gasteiger partial charge in [0, 0.05) is 29.5 Å². The van der Waals surface area contributed by atoms with Crippen molar-refractivity contribution in [2.45, 2.75) is 6.92 Å². The number of nitrogens with zero attached hydrogens (tertiary/aromatic N) is 2. The molecule has 0 radical (unpaired) electrons. The van der Waals surface area contributed by atoms with Crippen LogP contribution in [0.1, 0.15) is 16.1 Å². The summed E-state index contributed by atoms with van der Waals surface area (Å²) in [5.41, 5.74) is 2.77. The fourth-order valence-electron chi connectivity index (χ4n) is 2.82. The van der Waals surface area contributed by atoms with Crippen molar-refractivity contribution in [2.24, 2.45) is 0 Å². The van der Waals surface area contributed by atoms with Crippen molar-refractivity contribution in [3.05, 3.63) is 90.4 Å². The van der Waals surface area contributed by atoms with Gasteiger partial charge in [-0.15, -0.1) is 0 Å². The van der Waals surface area contributed by atoms with E-state index in [2.05, 4.69) is 15.3 Å². The zero-order chi connectivity index (χ0) is 18.6. The highest BCUT2D eigenvalue weighted by molar-refractivity contribution is 6.06. The summed E-state index contributed by atoms with van der Waals surface area (Å²) in [6.45, 7) is 1.84. The predicted octanol–water partition coefficient (Wildman–Crippen LogP) is 4.98. The zero-order valence-corrected chi connectivity index (χ0v) is 14.7. The van der Waals surface area contributed by atoms with Crippen LogP contribution in [-0.2, 0) is 0 Å². The van der Waals surface area contributed by atoms with Crippen molar-refractivity contribution < 1.29 is 9.53 Å². The Bertz CT molecular complexity index is 1110. The fraction of sp³-hybridized carbons (Fsp3) is 0.0455. The number of carbonyl (C=O) groups excluding carboxylic acids is 1. The van der Waals surface area contributed by atoms with Crippen LogP contribution in [0.15, 0.2) is 79.1 Å². The topological polar surface area (TPSA) is 64.1 Å². The number of aryl methyl sites for hydroxylation is 1. The van der Waals surface area contributed by atoms with Gasteiger partial charge in [0.2, 0.25) is 0 Å². The Kier molecular flexibility index (Phi) is 4.49. The number of ether oxygens (including phenoxy) is 1. The van der Waals surface area contributed by atoms with Gasteiger partial charge in [0.1, 0.15) is 11.5 Å². The first-order chi connectivity index (χ1) is 13.2. The molecule has 5 nitrogen and oxygen atoms in total. The van der Waals surface area contributed by atoms with Gasteiger partial charge in [-0.05, 0) is 43.3 Å². The number of amides is 1. The van der Waals surface area contributed by atoms with Gasteiger partial charge in [-0.3, -0.25) is 14.8 Å². The molecule has 27 heavy (non-hydrogen) atoms. The van der Waals surface area contributed by atoms with Crippen LogP contribution in [-0.4, -0.2) is 15.9 Å². The third kappa shape index (κ3) is 3.77. The van der Waals surface area contributed by atoms with Gasteiger partial charge in [-0.25, -0.2) is 0 Å². The number of fused-ring (bicyclic) bond motifs is 1. The van der Waals surface area contributed by atoms with Crippen molar-refractivity contribution in [3.63, 3.8) is 0 Å². The average Bonchev–Trinajstić information content (AvgIpc) is 2.68. The second-order valence-corrected chi connectivity index (χ2v) is 6.08.